The summed E-state index contributed by atoms with van der Waals surface area (Å²) in [5.41, 5.74) is 0. The molecule has 0 fully saturated rings. The van der Waals surface area contributed by atoms with Crippen molar-refractivity contribution >= 4 is 8.32 Å². The minimum absolute atomic E-state index is 0.989. The quantitative estimate of drug-likeness (QED) is 0.347. The summed E-state index contributed by atoms with van der Waals surface area (Å²) < 4.78 is 5.73. The first-order valence-electron chi connectivity index (χ1n) is 4.82. The lowest BCUT2D eigenvalue weighted by Crippen LogP contribution is -2.24. The maximum Gasteiger partial charge on any atom is 0.241 e. The molecule has 0 bridgehead atoms. The summed E-state index contributed by atoms with van der Waals surface area (Å²) in [6.45, 7) is 12.7. The van der Waals surface area contributed by atoms with Gasteiger partial charge in [-0.1, -0.05) is 26.3 Å². The topological polar surface area (TPSA) is 9.23 Å². The predicted molar refractivity (Wildman–Crippen MR) is 57.7 cm³/mol. The van der Waals surface area contributed by atoms with E-state index in [1.54, 1.807) is 0 Å². The first-order chi connectivity index (χ1) is 5.45. The third kappa shape index (κ3) is 7.86. The van der Waals surface area contributed by atoms with E-state index < -0.39 is 8.32 Å². The molecule has 0 aromatic rings. The van der Waals surface area contributed by atoms with Crippen molar-refractivity contribution in [1.29, 1.82) is 0 Å². The molecule has 0 saturated carbocycles. The van der Waals surface area contributed by atoms with Gasteiger partial charge in [0.15, 0.2) is 0 Å². The van der Waals surface area contributed by atoms with Crippen LogP contribution in [0.2, 0.25) is 19.6 Å². The molecule has 0 radical (unpaired) electrons. The van der Waals surface area contributed by atoms with E-state index in [-0.39, 0.29) is 0 Å². The van der Waals surface area contributed by atoms with Crippen LogP contribution in [0.1, 0.15) is 32.6 Å². The van der Waals surface area contributed by atoms with Gasteiger partial charge in [0.25, 0.3) is 0 Å². The smallest absolute Gasteiger partial charge is 0.241 e. The molecule has 1 nitrogen and oxygen atoms in total. The third-order valence-corrected chi connectivity index (χ3v) is 2.41. The standard InChI is InChI=1S/C10H22OSi/c1-6-7-8-9-10(2)11-12(3,4)5/h2,6-9H2,1,3-5H3. The van der Waals surface area contributed by atoms with E-state index >= 15 is 0 Å². The fourth-order valence-electron chi connectivity index (χ4n) is 1.06. The molecule has 0 aromatic heterocycles. The molecule has 0 amide bonds. The average Bonchev–Trinajstić information content (AvgIpc) is 1.84. The van der Waals surface area contributed by atoms with Crippen molar-refractivity contribution in [2.75, 3.05) is 0 Å². The highest BCUT2D eigenvalue weighted by Gasteiger charge is 2.16. The van der Waals surface area contributed by atoms with Crippen LogP contribution < -0.4 is 0 Å². The Labute approximate surface area is 78.0 Å². The van der Waals surface area contributed by atoms with Gasteiger partial charge in [-0.05, 0) is 26.1 Å². The lowest BCUT2D eigenvalue weighted by molar-refractivity contribution is 0.395. The van der Waals surface area contributed by atoms with Crippen molar-refractivity contribution in [3.05, 3.63) is 12.3 Å². The zero-order chi connectivity index (χ0) is 9.61. The SMILES string of the molecule is C=C(CCCCC)O[Si](C)(C)C. The minimum atomic E-state index is -1.38. The van der Waals surface area contributed by atoms with Gasteiger partial charge < -0.3 is 4.43 Å². The van der Waals surface area contributed by atoms with Gasteiger partial charge in [-0.2, -0.15) is 0 Å². The molecule has 0 spiro atoms. The molecule has 72 valence electrons. The van der Waals surface area contributed by atoms with Crippen LogP contribution in [0.5, 0.6) is 0 Å². The van der Waals surface area contributed by atoms with Crippen LogP contribution in [-0.2, 0) is 4.43 Å². The summed E-state index contributed by atoms with van der Waals surface area (Å²) in [6, 6.07) is 0. The first-order valence-corrected chi connectivity index (χ1v) is 8.23. The second kappa shape index (κ2) is 5.41. The number of hydrogen-bond acceptors (Lipinski definition) is 1. The van der Waals surface area contributed by atoms with Gasteiger partial charge in [-0.15, -0.1) is 0 Å². The van der Waals surface area contributed by atoms with Crippen molar-refractivity contribution in [3.63, 3.8) is 0 Å². The van der Waals surface area contributed by atoms with E-state index in [4.69, 9.17) is 4.43 Å². The van der Waals surface area contributed by atoms with Crippen LogP contribution in [0.25, 0.3) is 0 Å². The molecule has 0 N–H and O–H groups in total. The fourth-order valence-corrected chi connectivity index (χ4v) is 2.02. The van der Waals surface area contributed by atoms with Gasteiger partial charge in [-0.3, -0.25) is 0 Å². The minimum Gasteiger partial charge on any atom is -0.548 e. The number of allylic oxidation sites excluding steroid dienone is 1. The molecule has 0 aliphatic carbocycles. The Morgan fingerprint density at radius 1 is 1.25 bits per heavy atom. The molecule has 0 saturated heterocycles. The second-order valence-corrected chi connectivity index (χ2v) is 8.64. The molecular weight excluding hydrogens is 164 g/mol. The molecule has 2 heteroatoms. The van der Waals surface area contributed by atoms with Crippen molar-refractivity contribution in [2.24, 2.45) is 0 Å². The van der Waals surface area contributed by atoms with Crippen molar-refractivity contribution in [1.82, 2.24) is 0 Å². The molecule has 12 heavy (non-hydrogen) atoms. The van der Waals surface area contributed by atoms with E-state index in [1.807, 2.05) is 0 Å². The van der Waals surface area contributed by atoms with Crippen molar-refractivity contribution < 1.29 is 4.43 Å². The van der Waals surface area contributed by atoms with Gasteiger partial charge in [0.05, 0.1) is 5.76 Å². The summed E-state index contributed by atoms with van der Waals surface area (Å²) in [6.07, 6.45) is 4.81. The van der Waals surface area contributed by atoms with Crippen LogP contribution >= 0.6 is 0 Å². The highest BCUT2D eigenvalue weighted by Crippen LogP contribution is 2.14. The molecule has 0 rings (SSSR count). The van der Waals surface area contributed by atoms with Crippen LogP contribution in [0, 0.1) is 0 Å². The Morgan fingerprint density at radius 3 is 2.25 bits per heavy atom. The zero-order valence-electron chi connectivity index (χ0n) is 8.94. The predicted octanol–water partition coefficient (Wildman–Crippen LogP) is 3.93. The highest BCUT2D eigenvalue weighted by atomic mass is 28.4. The summed E-state index contributed by atoms with van der Waals surface area (Å²) in [5, 5.41) is 0. The Kier molecular flexibility index (Phi) is 5.30. The van der Waals surface area contributed by atoms with Gasteiger partial charge in [0.2, 0.25) is 8.32 Å². The number of unbranched alkanes of at least 4 members (excludes halogenated alkanes) is 2. The average molecular weight is 186 g/mol. The first kappa shape index (κ1) is 11.8. The number of rotatable bonds is 6. The maximum absolute atomic E-state index is 5.73. The molecular formula is C10H22OSi. The lowest BCUT2D eigenvalue weighted by Gasteiger charge is -2.20. The van der Waals surface area contributed by atoms with Crippen LogP contribution in [0.15, 0.2) is 12.3 Å². The molecule has 0 unspecified atom stereocenters. The van der Waals surface area contributed by atoms with Crippen molar-refractivity contribution in [2.45, 2.75) is 52.2 Å². The third-order valence-electron chi connectivity index (χ3n) is 1.51. The molecule has 0 aliphatic heterocycles. The number of hydrogen-bond donors (Lipinski definition) is 0. The van der Waals surface area contributed by atoms with Crippen molar-refractivity contribution in [3.8, 4) is 0 Å². The van der Waals surface area contributed by atoms with E-state index in [0.29, 0.717) is 0 Å². The Morgan fingerprint density at radius 2 is 1.83 bits per heavy atom. The highest BCUT2D eigenvalue weighted by molar-refractivity contribution is 6.70. The summed E-state index contributed by atoms with van der Waals surface area (Å²) >= 11 is 0. The molecule has 0 heterocycles. The molecule has 0 aliphatic rings. The Bertz CT molecular complexity index is 135. The summed E-state index contributed by atoms with van der Waals surface area (Å²) in [5.74, 6) is 0.989. The fraction of sp³-hybridized carbons (Fsp3) is 0.800. The largest absolute Gasteiger partial charge is 0.548 e. The molecule has 0 atom stereocenters. The zero-order valence-corrected chi connectivity index (χ0v) is 9.94. The van der Waals surface area contributed by atoms with Crippen LogP contribution in [0.4, 0.5) is 0 Å². The van der Waals surface area contributed by atoms with E-state index in [9.17, 15) is 0 Å². The van der Waals surface area contributed by atoms with Gasteiger partial charge in [-0.25, -0.2) is 0 Å². The summed E-state index contributed by atoms with van der Waals surface area (Å²) in [7, 11) is -1.38. The monoisotopic (exact) mass is 186 g/mol. The maximum atomic E-state index is 5.73. The van der Waals surface area contributed by atoms with Gasteiger partial charge >= 0.3 is 0 Å². The lowest BCUT2D eigenvalue weighted by atomic mass is 10.2. The van der Waals surface area contributed by atoms with Crippen LogP contribution in [-0.4, -0.2) is 8.32 Å². The van der Waals surface area contributed by atoms with Crippen LogP contribution in [0.3, 0.4) is 0 Å². The molecule has 0 aromatic carbocycles. The Hall–Kier alpha value is -0.243. The van der Waals surface area contributed by atoms with Gasteiger partial charge in [0, 0.05) is 6.42 Å². The van der Waals surface area contributed by atoms with E-state index in [1.165, 1.54) is 19.3 Å². The Balaban J connectivity index is 3.47. The second-order valence-electron chi connectivity index (χ2n) is 4.21. The van der Waals surface area contributed by atoms with E-state index in [2.05, 4.69) is 33.1 Å². The van der Waals surface area contributed by atoms with Gasteiger partial charge in [0.1, 0.15) is 0 Å². The van der Waals surface area contributed by atoms with E-state index in [0.717, 1.165) is 12.2 Å². The normalized spacial score (nSPS) is 11.3. The summed E-state index contributed by atoms with van der Waals surface area (Å²) in [4.78, 5) is 0.